The summed E-state index contributed by atoms with van der Waals surface area (Å²) >= 11 is 0. The van der Waals surface area contributed by atoms with Crippen LogP contribution in [-0.2, 0) is 5.16 Å². The van der Waals surface area contributed by atoms with Crippen molar-refractivity contribution in [3.63, 3.8) is 0 Å². The minimum absolute atomic E-state index is 0.0159. The highest BCUT2D eigenvalue weighted by Crippen LogP contribution is 2.44. The molecule has 0 aliphatic carbocycles. The van der Waals surface area contributed by atoms with Crippen molar-refractivity contribution in [2.24, 2.45) is 0 Å². The van der Waals surface area contributed by atoms with Gasteiger partial charge in [0.2, 0.25) is 0 Å². The predicted molar refractivity (Wildman–Crippen MR) is 66.9 cm³/mol. The first-order valence-electron chi connectivity index (χ1n) is 5.07. The summed E-state index contributed by atoms with van der Waals surface area (Å²) in [5, 5.41) is -0.0159. The molecule has 0 aromatic heterocycles. The molecule has 2 nitrogen and oxygen atoms in total. The van der Waals surface area contributed by atoms with Crippen molar-refractivity contribution in [3.05, 3.63) is 23.8 Å². The van der Waals surface area contributed by atoms with Crippen molar-refractivity contribution < 1.29 is 9.47 Å². The van der Waals surface area contributed by atoms with Crippen LogP contribution in [0, 0.1) is 0 Å². The lowest BCUT2D eigenvalue weighted by atomic mass is 9.95. The molecule has 0 amide bonds. The van der Waals surface area contributed by atoms with Crippen molar-refractivity contribution in [1.82, 2.24) is 0 Å². The maximum Gasteiger partial charge on any atom is 0.126 e. The fourth-order valence-corrected chi connectivity index (χ4v) is 1.88. The van der Waals surface area contributed by atoms with Gasteiger partial charge in [-0.15, -0.1) is 9.24 Å². The first-order valence-corrected chi connectivity index (χ1v) is 5.65. The Morgan fingerprint density at radius 1 is 1.20 bits per heavy atom. The van der Waals surface area contributed by atoms with Gasteiger partial charge in [-0.3, -0.25) is 0 Å². The van der Waals surface area contributed by atoms with Crippen LogP contribution >= 0.6 is 9.24 Å². The van der Waals surface area contributed by atoms with Gasteiger partial charge in [0.05, 0.1) is 14.2 Å². The molecular weight excluding hydrogens is 207 g/mol. The van der Waals surface area contributed by atoms with Gasteiger partial charge in [0.15, 0.2) is 0 Å². The smallest absolute Gasteiger partial charge is 0.126 e. The van der Waals surface area contributed by atoms with E-state index >= 15 is 0 Å². The molecule has 0 fully saturated rings. The second kappa shape index (κ2) is 4.85. The topological polar surface area (TPSA) is 18.5 Å². The third kappa shape index (κ3) is 2.43. The molecule has 0 saturated carbocycles. The van der Waals surface area contributed by atoms with E-state index in [1.54, 1.807) is 14.2 Å². The maximum absolute atomic E-state index is 5.38. The highest BCUT2D eigenvalue weighted by atomic mass is 31.0. The van der Waals surface area contributed by atoms with Crippen molar-refractivity contribution in [3.8, 4) is 11.5 Å². The average molecular weight is 226 g/mol. The van der Waals surface area contributed by atoms with Gasteiger partial charge in [0.25, 0.3) is 0 Å². The van der Waals surface area contributed by atoms with Crippen LogP contribution < -0.4 is 9.47 Å². The van der Waals surface area contributed by atoms with E-state index in [0.717, 1.165) is 23.5 Å². The summed E-state index contributed by atoms with van der Waals surface area (Å²) in [6.45, 7) is 4.32. The number of hydrogen-bond donors (Lipinski definition) is 0. The van der Waals surface area contributed by atoms with Crippen LogP contribution in [0.3, 0.4) is 0 Å². The Morgan fingerprint density at radius 3 is 2.00 bits per heavy atom. The molecular formula is C12H19O2P. The zero-order valence-electron chi connectivity index (χ0n) is 9.83. The van der Waals surface area contributed by atoms with Crippen molar-refractivity contribution in [2.45, 2.75) is 25.4 Å². The first kappa shape index (κ1) is 12.3. The quantitative estimate of drug-likeness (QED) is 0.734. The molecule has 84 valence electrons. The van der Waals surface area contributed by atoms with Gasteiger partial charge in [0.1, 0.15) is 11.5 Å². The fraction of sp³-hybridized carbons (Fsp3) is 0.500. The van der Waals surface area contributed by atoms with Gasteiger partial charge in [0, 0.05) is 10.7 Å². The van der Waals surface area contributed by atoms with Crippen molar-refractivity contribution in [2.75, 3.05) is 14.2 Å². The number of methoxy groups -OCH3 is 2. The molecule has 1 aromatic rings. The number of benzene rings is 1. The molecule has 15 heavy (non-hydrogen) atoms. The van der Waals surface area contributed by atoms with Gasteiger partial charge in [-0.25, -0.2) is 0 Å². The summed E-state index contributed by atoms with van der Waals surface area (Å²) in [7, 11) is 6.25. The third-order valence-corrected chi connectivity index (χ3v) is 3.43. The van der Waals surface area contributed by atoms with E-state index in [9.17, 15) is 0 Å². The maximum atomic E-state index is 5.38. The lowest BCUT2D eigenvalue weighted by Gasteiger charge is -2.27. The molecule has 0 aliphatic rings. The second-order valence-electron chi connectivity index (χ2n) is 3.81. The Kier molecular flexibility index (Phi) is 3.98. The molecule has 3 heteroatoms. The molecule has 0 bridgehead atoms. The highest BCUT2D eigenvalue weighted by Gasteiger charge is 2.26. The molecule has 1 rings (SSSR count). The van der Waals surface area contributed by atoms with Crippen LogP contribution in [0.4, 0.5) is 0 Å². The van der Waals surface area contributed by atoms with E-state index in [-0.39, 0.29) is 5.16 Å². The Labute approximate surface area is 94.2 Å². The monoisotopic (exact) mass is 226 g/mol. The average Bonchev–Trinajstić information content (AvgIpc) is 2.27. The summed E-state index contributed by atoms with van der Waals surface area (Å²) in [5.74, 6) is 1.77. The summed E-state index contributed by atoms with van der Waals surface area (Å²) in [6.07, 6.45) is 1.01. The van der Waals surface area contributed by atoms with Gasteiger partial charge < -0.3 is 9.47 Å². The van der Waals surface area contributed by atoms with E-state index in [0.29, 0.717) is 0 Å². The molecule has 0 saturated heterocycles. The number of rotatable bonds is 4. The predicted octanol–water partition coefficient (Wildman–Crippen LogP) is 3.20. The molecule has 1 aromatic carbocycles. The van der Waals surface area contributed by atoms with E-state index in [1.807, 2.05) is 18.2 Å². The largest absolute Gasteiger partial charge is 0.496 e. The van der Waals surface area contributed by atoms with Gasteiger partial charge in [-0.1, -0.05) is 19.9 Å². The van der Waals surface area contributed by atoms with Crippen LogP contribution in [0.1, 0.15) is 25.8 Å². The molecule has 2 unspecified atom stereocenters. The number of hydrogen-bond acceptors (Lipinski definition) is 2. The zero-order valence-corrected chi connectivity index (χ0v) is 11.0. The van der Waals surface area contributed by atoms with E-state index in [4.69, 9.17) is 9.47 Å². The SMILES string of the molecule is CCC(C)(P)c1c(OC)cccc1OC. The van der Waals surface area contributed by atoms with Crippen LogP contribution in [0.2, 0.25) is 0 Å². The van der Waals surface area contributed by atoms with Gasteiger partial charge in [-0.05, 0) is 18.6 Å². The lowest BCUT2D eigenvalue weighted by Crippen LogP contribution is -2.14. The van der Waals surface area contributed by atoms with E-state index in [1.165, 1.54) is 0 Å². The van der Waals surface area contributed by atoms with Crippen LogP contribution in [0.15, 0.2) is 18.2 Å². The molecule has 0 heterocycles. The van der Waals surface area contributed by atoms with Crippen molar-refractivity contribution >= 4 is 9.24 Å². The van der Waals surface area contributed by atoms with Crippen LogP contribution in [0.25, 0.3) is 0 Å². The summed E-state index contributed by atoms with van der Waals surface area (Å²) in [6, 6.07) is 5.88. The number of ether oxygens (including phenoxy) is 2. The second-order valence-corrected chi connectivity index (χ2v) is 5.08. The Morgan fingerprint density at radius 2 is 1.67 bits per heavy atom. The Bertz CT molecular complexity index is 312. The van der Waals surface area contributed by atoms with Crippen LogP contribution in [0.5, 0.6) is 11.5 Å². The standard InChI is InChI=1S/C12H19O2P/c1-5-12(2,15)11-9(13-3)7-6-8-10(11)14-4/h6-8H,5,15H2,1-4H3. The first-order chi connectivity index (χ1) is 7.06. The molecule has 2 atom stereocenters. The third-order valence-electron chi connectivity index (χ3n) is 2.73. The lowest BCUT2D eigenvalue weighted by molar-refractivity contribution is 0.375. The summed E-state index contributed by atoms with van der Waals surface area (Å²) in [5.41, 5.74) is 1.11. The molecule has 0 radical (unpaired) electrons. The van der Waals surface area contributed by atoms with E-state index < -0.39 is 0 Å². The van der Waals surface area contributed by atoms with Crippen molar-refractivity contribution in [1.29, 1.82) is 0 Å². The normalized spacial score (nSPS) is 14.5. The van der Waals surface area contributed by atoms with Gasteiger partial charge in [-0.2, -0.15) is 0 Å². The molecule has 0 aliphatic heterocycles. The summed E-state index contributed by atoms with van der Waals surface area (Å²) in [4.78, 5) is 0. The minimum Gasteiger partial charge on any atom is -0.496 e. The van der Waals surface area contributed by atoms with Gasteiger partial charge >= 0.3 is 0 Å². The Hall–Kier alpha value is -0.750. The molecule has 0 spiro atoms. The minimum atomic E-state index is -0.0159. The highest BCUT2D eigenvalue weighted by molar-refractivity contribution is 7.18. The molecule has 0 N–H and O–H groups in total. The fourth-order valence-electron chi connectivity index (χ4n) is 1.59. The Balaban J connectivity index is 3.34. The summed E-state index contributed by atoms with van der Waals surface area (Å²) < 4.78 is 10.8. The van der Waals surface area contributed by atoms with Crippen LogP contribution in [-0.4, -0.2) is 14.2 Å². The van der Waals surface area contributed by atoms with E-state index in [2.05, 4.69) is 23.1 Å². The zero-order chi connectivity index (χ0) is 11.5.